The Bertz CT molecular complexity index is 1090. The highest BCUT2D eigenvalue weighted by atomic mass is 19.1. The van der Waals surface area contributed by atoms with Crippen LogP contribution in [0.25, 0.3) is 16.8 Å². The van der Waals surface area contributed by atoms with Gasteiger partial charge in [0.05, 0.1) is 30.8 Å². The maximum absolute atomic E-state index is 12.9. The van der Waals surface area contributed by atoms with Crippen LogP contribution in [0.3, 0.4) is 0 Å². The Morgan fingerprint density at radius 3 is 2.90 bits per heavy atom. The van der Waals surface area contributed by atoms with E-state index in [0.29, 0.717) is 24.4 Å². The molecule has 0 atom stereocenters. The molecule has 1 fully saturated rings. The van der Waals surface area contributed by atoms with Crippen molar-refractivity contribution < 1.29 is 13.9 Å². The van der Waals surface area contributed by atoms with Gasteiger partial charge < -0.3 is 9.64 Å². The molecule has 1 amide bonds. The number of amides is 1. The van der Waals surface area contributed by atoms with Gasteiger partial charge in [0.25, 0.3) is 5.91 Å². The van der Waals surface area contributed by atoms with E-state index in [-0.39, 0.29) is 24.6 Å². The Morgan fingerprint density at radius 1 is 1.38 bits per heavy atom. The third kappa shape index (κ3) is 3.78. The average molecular weight is 396 g/mol. The lowest BCUT2D eigenvalue weighted by molar-refractivity contribution is -0.131. The van der Waals surface area contributed by atoms with Gasteiger partial charge in [-0.3, -0.25) is 9.48 Å². The second kappa shape index (κ2) is 7.91. The number of carbonyl (C=O) groups excluding carboxylic acids is 1. The van der Waals surface area contributed by atoms with E-state index in [9.17, 15) is 9.18 Å². The summed E-state index contributed by atoms with van der Waals surface area (Å²) in [5.41, 5.74) is 2.32. The number of nitrogens with zero attached hydrogens (tertiary/aromatic N) is 6. The molecular formula is C20H21FN6O2. The maximum atomic E-state index is 12.9. The minimum absolute atomic E-state index is 0.0481. The molecule has 1 aliphatic carbocycles. The molecule has 3 heterocycles. The first-order chi connectivity index (χ1) is 14.1. The zero-order valence-electron chi connectivity index (χ0n) is 16.2. The van der Waals surface area contributed by atoms with Crippen LogP contribution in [-0.2, 0) is 11.8 Å². The summed E-state index contributed by atoms with van der Waals surface area (Å²) >= 11 is 0. The SMILES string of the molecule is CC#CC(=O)N(CCF)[C@H]1C[C@H](Oc2nc(-c3cnn(C)c3)cn3nccc23)C1. The number of fused-ring (bicyclic) bond motifs is 1. The predicted molar refractivity (Wildman–Crippen MR) is 104 cm³/mol. The molecule has 0 radical (unpaired) electrons. The Kier molecular flexibility index (Phi) is 5.16. The molecule has 8 nitrogen and oxygen atoms in total. The molecule has 0 aliphatic heterocycles. The molecule has 0 aromatic carbocycles. The summed E-state index contributed by atoms with van der Waals surface area (Å²) < 4.78 is 22.4. The van der Waals surface area contributed by atoms with Gasteiger partial charge in [0.15, 0.2) is 0 Å². The van der Waals surface area contributed by atoms with E-state index in [1.165, 1.54) is 4.90 Å². The first-order valence-electron chi connectivity index (χ1n) is 9.38. The summed E-state index contributed by atoms with van der Waals surface area (Å²) in [5.74, 6) is 5.20. The lowest BCUT2D eigenvalue weighted by atomic mass is 9.87. The highest BCUT2D eigenvalue weighted by molar-refractivity contribution is 5.93. The number of halogens is 1. The monoisotopic (exact) mass is 396 g/mol. The fourth-order valence-corrected chi connectivity index (χ4v) is 3.44. The lowest BCUT2D eigenvalue weighted by Crippen LogP contribution is -2.52. The van der Waals surface area contributed by atoms with Crippen molar-refractivity contribution in [3.63, 3.8) is 0 Å². The van der Waals surface area contributed by atoms with Crippen LogP contribution in [0.2, 0.25) is 0 Å². The normalized spacial score (nSPS) is 18.0. The molecule has 0 saturated heterocycles. The first kappa shape index (κ1) is 18.9. The summed E-state index contributed by atoms with van der Waals surface area (Å²) in [4.78, 5) is 18.2. The van der Waals surface area contributed by atoms with E-state index in [1.54, 1.807) is 28.5 Å². The molecular weight excluding hydrogens is 375 g/mol. The number of rotatable bonds is 6. The Morgan fingerprint density at radius 2 is 2.21 bits per heavy atom. The van der Waals surface area contributed by atoms with Gasteiger partial charge in [-0.15, -0.1) is 0 Å². The minimum Gasteiger partial charge on any atom is -0.473 e. The van der Waals surface area contributed by atoms with Crippen LogP contribution in [-0.4, -0.2) is 60.6 Å². The van der Waals surface area contributed by atoms with Gasteiger partial charge in [0, 0.05) is 37.7 Å². The molecule has 29 heavy (non-hydrogen) atoms. The van der Waals surface area contributed by atoms with Crippen LogP contribution < -0.4 is 4.74 Å². The fraction of sp³-hybridized carbons (Fsp3) is 0.400. The average Bonchev–Trinajstić information content (AvgIpc) is 3.31. The number of carbonyl (C=O) groups is 1. The molecule has 1 saturated carbocycles. The van der Waals surface area contributed by atoms with E-state index in [2.05, 4.69) is 27.0 Å². The molecule has 0 bridgehead atoms. The van der Waals surface area contributed by atoms with Crippen LogP contribution in [0, 0.1) is 11.8 Å². The molecule has 4 rings (SSSR count). The molecule has 0 spiro atoms. The van der Waals surface area contributed by atoms with Gasteiger partial charge in [-0.05, 0) is 18.9 Å². The second-order valence-corrected chi connectivity index (χ2v) is 6.92. The van der Waals surface area contributed by atoms with E-state index in [1.807, 2.05) is 25.5 Å². The largest absolute Gasteiger partial charge is 0.473 e. The molecule has 150 valence electrons. The van der Waals surface area contributed by atoms with Gasteiger partial charge in [-0.1, -0.05) is 5.92 Å². The van der Waals surface area contributed by atoms with Crippen molar-refractivity contribution in [3.8, 4) is 29.0 Å². The van der Waals surface area contributed by atoms with Crippen molar-refractivity contribution in [1.29, 1.82) is 0 Å². The number of alkyl halides is 1. The zero-order valence-corrected chi connectivity index (χ0v) is 16.2. The van der Waals surface area contributed by atoms with Gasteiger partial charge >= 0.3 is 0 Å². The standard InChI is InChI=1S/C20H21FN6O2/c1-3-4-19(28)26(8-6-21)15-9-16(10-15)29-20-18-5-7-22-27(18)13-17(24-20)14-11-23-25(2)12-14/h5,7,11-13,15-16H,6,8-10H2,1-2H3/t15-,16-. The van der Waals surface area contributed by atoms with E-state index in [4.69, 9.17) is 4.74 Å². The first-order valence-corrected chi connectivity index (χ1v) is 9.38. The van der Waals surface area contributed by atoms with Crippen molar-refractivity contribution in [2.45, 2.75) is 31.9 Å². The van der Waals surface area contributed by atoms with Crippen LogP contribution in [0.4, 0.5) is 4.39 Å². The molecule has 0 N–H and O–H groups in total. The number of aryl methyl sites for hydroxylation is 1. The highest BCUT2D eigenvalue weighted by Crippen LogP contribution is 2.32. The zero-order chi connectivity index (χ0) is 20.4. The van der Waals surface area contributed by atoms with E-state index < -0.39 is 6.67 Å². The van der Waals surface area contributed by atoms with E-state index >= 15 is 0 Å². The third-order valence-electron chi connectivity index (χ3n) is 4.96. The Labute approximate surface area is 167 Å². The molecule has 3 aromatic heterocycles. The molecule has 9 heteroatoms. The van der Waals surface area contributed by atoms with Crippen molar-refractivity contribution >= 4 is 11.4 Å². The molecule has 1 aliphatic rings. The Balaban J connectivity index is 1.51. The Hall–Kier alpha value is -3.41. The number of aromatic nitrogens is 5. The van der Waals surface area contributed by atoms with Crippen molar-refractivity contribution in [3.05, 3.63) is 30.9 Å². The van der Waals surface area contributed by atoms with Crippen LogP contribution >= 0.6 is 0 Å². The van der Waals surface area contributed by atoms with Gasteiger partial charge in [0.1, 0.15) is 18.3 Å². The quantitative estimate of drug-likeness (QED) is 0.595. The number of hydrogen-bond acceptors (Lipinski definition) is 5. The highest BCUT2D eigenvalue weighted by Gasteiger charge is 2.37. The second-order valence-electron chi connectivity index (χ2n) is 6.92. The minimum atomic E-state index is -0.593. The van der Waals surface area contributed by atoms with Crippen molar-refractivity contribution in [1.82, 2.24) is 29.3 Å². The fourth-order valence-electron chi connectivity index (χ4n) is 3.44. The topological polar surface area (TPSA) is 77.6 Å². The molecule has 0 unspecified atom stereocenters. The summed E-state index contributed by atoms with van der Waals surface area (Å²) in [6, 6.07) is 1.76. The van der Waals surface area contributed by atoms with Gasteiger partial charge in [-0.2, -0.15) is 10.2 Å². The molecule has 3 aromatic rings. The van der Waals surface area contributed by atoms with Gasteiger partial charge in [-0.25, -0.2) is 13.9 Å². The van der Waals surface area contributed by atoms with Crippen molar-refractivity contribution in [2.75, 3.05) is 13.2 Å². The summed E-state index contributed by atoms with van der Waals surface area (Å²) in [6.07, 6.45) is 8.22. The maximum Gasteiger partial charge on any atom is 0.298 e. The smallest absolute Gasteiger partial charge is 0.298 e. The number of hydrogen-bond donors (Lipinski definition) is 0. The lowest BCUT2D eigenvalue weighted by Gasteiger charge is -2.41. The summed E-state index contributed by atoms with van der Waals surface area (Å²) in [6.45, 7) is 1.05. The van der Waals surface area contributed by atoms with Crippen LogP contribution in [0.1, 0.15) is 19.8 Å². The van der Waals surface area contributed by atoms with Crippen LogP contribution in [0.5, 0.6) is 5.88 Å². The third-order valence-corrected chi connectivity index (χ3v) is 4.96. The number of ether oxygens (including phenoxy) is 1. The van der Waals surface area contributed by atoms with Crippen LogP contribution in [0.15, 0.2) is 30.9 Å². The summed E-state index contributed by atoms with van der Waals surface area (Å²) in [7, 11) is 1.84. The van der Waals surface area contributed by atoms with E-state index in [0.717, 1.165) is 11.1 Å². The van der Waals surface area contributed by atoms with Gasteiger partial charge in [0.2, 0.25) is 5.88 Å². The van der Waals surface area contributed by atoms with Crippen molar-refractivity contribution in [2.24, 2.45) is 7.05 Å². The summed E-state index contributed by atoms with van der Waals surface area (Å²) in [5, 5.41) is 8.48. The predicted octanol–water partition coefficient (Wildman–Crippen LogP) is 1.86.